The Morgan fingerprint density at radius 3 is 2.38 bits per heavy atom. The molecule has 1 N–H and O–H groups in total. The van der Waals surface area contributed by atoms with Gasteiger partial charge in [0, 0.05) is 26.5 Å². The van der Waals surface area contributed by atoms with Crippen LogP contribution < -0.4 is 11.0 Å². The van der Waals surface area contributed by atoms with Crippen LogP contribution in [-0.4, -0.2) is 58.3 Å². The van der Waals surface area contributed by atoms with Crippen LogP contribution in [-0.2, 0) is 33.3 Å². The van der Waals surface area contributed by atoms with Gasteiger partial charge in [0.1, 0.15) is 5.78 Å². The third-order valence-corrected chi connectivity index (χ3v) is 5.12. The van der Waals surface area contributed by atoms with Crippen LogP contribution >= 0.6 is 22.6 Å². The number of hydrogen-bond acceptors (Lipinski definition) is 10. The van der Waals surface area contributed by atoms with E-state index < -0.39 is 48.3 Å². The molecule has 1 amide bonds. The van der Waals surface area contributed by atoms with Gasteiger partial charge in [-0.3, -0.25) is 19.5 Å². The summed E-state index contributed by atoms with van der Waals surface area (Å²) in [6.07, 6.45) is -2.55. The van der Waals surface area contributed by atoms with Gasteiger partial charge in [0.15, 0.2) is 24.3 Å². The smallest absolute Gasteiger partial charge is 0.412 e. The zero-order chi connectivity index (χ0) is 24.0. The number of aromatic nitrogens is 2. The highest BCUT2D eigenvalue weighted by atomic mass is 127. The Kier molecular flexibility index (Phi) is 9.12. The number of ketones is 1. The standard InChI is InChI=1S/C19H24IN3O9/c1-9(24)6-5-7-29-19(28)22-16-13(20)8-23(18(27)21-16)17-15(32-12(4)26)14(10(2)30-17)31-11(3)25/h8,10,14-15,17H,5-7H2,1-4H3,(H,21,22,27,28)/t10-,14?,15?,17-/m1/s1. The molecule has 1 aromatic rings. The molecule has 2 unspecified atom stereocenters. The highest BCUT2D eigenvalue weighted by Gasteiger charge is 2.48. The average molecular weight is 565 g/mol. The van der Waals surface area contributed by atoms with Gasteiger partial charge in [0.2, 0.25) is 0 Å². The van der Waals surface area contributed by atoms with Crippen molar-refractivity contribution >= 4 is 52.2 Å². The van der Waals surface area contributed by atoms with Crippen LogP contribution in [0, 0.1) is 3.57 Å². The van der Waals surface area contributed by atoms with Crippen LogP contribution in [0.25, 0.3) is 0 Å². The number of carbonyl (C=O) groups is 4. The van der Waals surface area contributed by atoms with Gasteiger partial charge in [-0.05, 0) is 42.9 Å². The normalized spacial score (nSPS) is 22.2. The van der Waals surface area contributed by atoms with Gasteiger partial charge in [-0.25, -0.2) is 9.59 Å². The molecule has 1 aliphatic rings. The molecule has 4 atom stereocenters. The lowest BCUT2D eigenvalue weighted by Gasteiger charge is -2.23. The number of Topliss-reactive ketones (excluding diaryl/α,β-unsaturated/α-hetero) is 1. The summed E-state index contributed by atoms with van der Waals surface area (Å²) < 4.78 is 22.7. The number of nitrogens with one attached hydrogen (secondary N) is 1. The zero-order valence-corrected chi connectivity index (χ0v) is 20.1. The number of halogens is 1. The molecule has 0 aromatic carbocycles. The van der Waals surface area contributed by atoms with Crippen LogP contribution in [0.15, 0.2) is 11.0 Å². The van der Waals surface area contributed by atoms with E-state index in [4.69, 9.17) is 18.9 Å². The maximum Gasteiger partial charge on any atom is 0.412 e. The largest absolute Gasteiger partial charge is 0.456 e. The Hall–Kier alpha value is -2.55. The Morgan fingerprint density at radius 1 is 1.16 bits per heavy atom. The van der Waals surface area contributed by atoms with E-state index in [1.165, 1.54) is 27.0 Å². The van der Waals surface area contributed by atoms with E-state index in [1.54, 1.807) is 6.92 Å². The maximum atomic E-state index is 12.7. The molecule has 32 heavy (non-hydrogen) atoms. The van der Waals surface area contributed by atoms with Crippen molar-refractivity contribution in [2.45, 2.75) is 65.1 Å². The van der Waals surface area contributed by atoms with Gasteiger partial charge in [0.25, 0.3) is 0 Å². The van der Waals surface area contributed by atoms with E-state index >= 15 is 0 Å². The van der Waals surface area contributed by atoms with Crippen molar-refractivity contribution in [2.75, 3.05) is 11.9 Å². The Labute approximate surface area is 197 Å². The molecule has 13 heteroatoms. The highest BCUT2D eigenvalue weighted by Crippen LogP contribution is 2.33. The molecular weight excluding hydrogens is 541 g/mol. The highest BCUT2D eigenvalue weighted by molar-refractivity contribution is 14.1. The minimum Gasteiger partial charge on any atom is -0.456 e. The second kappa shape index (κ2) is 11.4. The molecule has 0 bridgehead atoms. The van der Waals surface area contributed by atoms with E-state index in [-0.39, 0.29) is 24.6 Å². The van der Waals surface area contributed by atoms with Crippen LogP contribution in [0.3, 0.4) is 0 Å². The van der Waals surface area contributed by atoms with Gasteiger partial charge < -0.3 is 23.7 Å². The molecule has 0 radical (unpaired) electrons. The first-order chi connectivity index (χ1) is 15.0. The van der Waals surface area contributed by atoms with Crippen molar-refractivity contribution in [2.24, 2.45) is 0 Å². The molecule has 1 fully saturated rings. The second-order valence-electron chi connectivity index (χ2n) is 7.07. The fraction of sp³-hybridized carbons (Fsp3) is 0.579. The molecule has 1 aliphatic heterocycles. The number of rotatable bonds is 8. The maximum absolute atomic E-state index is 12.7. The van der Waals surface area contributed by atoms with Crippen molar-refractivity contribution in [3.8, 4) is 0 Å². The molecule has 1 aromatic heterocycles. The minimum absolute atomic E-state index is 0.0136. The Bertz CT molecular complexity index is 948. The van der Waals surface area contributed by atoms with Crippen molar-refractivity contribution in [1.29, 1.82) is 0 Å². The SMILES string of the molecule is CC(=O)CCCOC(=O)Nc1nc(=O)n([C@@H]2O[C@H](C)C(OC(C)=O)C2OC(C)=O)cc1I. The first-order valence-electron chi connectivity index (χ1n) is 9.71. The number of esters is 2. The zero-order valence-electron chi connectivity index (χ0n) is 18.0. The predicted molar refractivity (Wildman–Crippen MR) is 117 cm³/mol. The number of nitrogens with zero attached hydrogens (tertiary/aromatic N) is 2. The summed E-state index contributed by atoms with van der Waals surface area (Å²) >= 11 is 1.85. The molecule has 12 nitrogen and oxygen atoms in total. The van der Waals surface area contributed by atoms with Gasteiger partial charge in [0.05, 0.1) is 16.3 Å². The third kappa shape index (κ3) is 6.98. The first-order valence-corrected chi connectivity index (χ1v) is 10.8. The fourth-order valence-corrected chi connectivity index (χ4v) is 3.59. The summed E-state index contributed by atoms with van der Waals surface area (Å²) in [5.74, 6) is -1.28. The average Bonchev–Trinajstić information content (AvgIpc) is 2.96. The molecule has 2 heterocycles. The number of hydrogen-bond donors (Lipinski definition) is 1. The Balaban J connectivity index is 2.19. The van der Waals surface area contributed by atoms with Gasteiger partial charge in [-0.1, -0.05) is 0 Å². The predicted octanol–water partition coefficient (Wildman–Crippen LogP) is 1.55. The van der Waals surface area contributed by atoms with Crippen molar-refractivity contribution in [3.63, 3.8) is 0 Å². The van der Waals surface area contributed by atoms with Crippen molar-refractivity contribution in [3.05, 3.63) is 20.3 Å². The van der Waals surface area contributed by atoms with E-state index in [9.17, 15) is 24.0 Å². The number of anilines is 1. The van der Waals surface area contributed by atoms with E-state index in [0.29, 0.717) is 9.99 Å². The first kappa shape index (κ1) is 25.7. The number of amides is 1. The third-order valence-electron chi connectivity index (χ3n) is 4.33. The quantitative estimate of drug-likeness (QED) is 0.213. The van der Waals surface area contributed by atoms with Gasteiger partial charge in [-0.15, -0.1) is 0 Å². The van der Waals surface area contributed by atoms with E-state index in [0.717, 1.165) is 4.57 Å². The monoisotopic (exact) mass is 565 g/mol. The lowest BCUT2D eigenvalue weighted by Crippen LogP contribution is -2.40. The molecule has 2 rings (SSSR count). The minimum atomic E-state index is -1.10. The van der Waals surface area contributed by atoms with Crippen LogP contribution in [0.1, 0.15) is 46.8 Å². The molecule has 0 spiro atoms. The second-order valence-corrected chi connectivity index (χ2v) is 8.24. The van der Waals surface area contributed by atoms with E-state index in [2.05, 4.69) is 10.3 Å². The lowest BCUT2D eigenvalue weighted by atomic mass is 10.1. The summed E-state index contributed by atoms with van der Waals surface area (Å²) in [5, 5.41) is 2.37. The molecule has 0 saturated carbocycles. The van der Waals surface area contributed by atoms with Crippen LogP contribution in [0.2, 0.25) is 0 Å². The molecular formula is C19H24IN3O9. The van der Waals surface area contributed by atoms with Crippen molar-refractivity contribution in [1.82, 2.24) is 9.55 Å². The summed E-state index contributed by atoms with van der Waals surface area (Å²) in [5.41, 5.74) is -0.796. The summed E-state index contributed by atoms with van der Waals surface area (Å²) in [7, 11) is 0. The number of carbonyl (C=O) groups excluding carboxylic acids is 4. The summed E-state index contributed by atoms with van der Waals surface area (Å²) in [4.78, 5) is 62.4. The van der Waals surface area contributed by atoms with Crippen LogP contribution in [0.5, 0.6) is 0 Å². The molecule has 176 valence electrons. The van der Waals surface area contributed by atoms with E-state index in [1.807, 2.05) is 22.6 Å². The van der Waals surface area contributed by atoms with Crippen molar-refractivity contribution < 1.29 is 38.1 Å². The Morgan fingerprint density at radius 2 is 1.78 bits per heavy atom. The fourth-order valence-electron chi connectivity index (χ4n) is 3.03. The summed E-state index contributed by atoms with van der Waals surface area (Å²) in [6, 6.07) is 0. The molecule has 0 aliphatic carbocycles. The lowest BCUT2D eigenvalue weighted by molar-refractivity contribution is -0.165. The summed E-state index contributed by atoms with van der Waals surface area (Å²) in [6.45, 7) is 5.49. The number of ether oxygens (including phenoxy) is 4. The van der Waals surface area contributed by atoms with Crippen LogP contribution in [0.4, 0.5) is 10.6 Å². The topological polar surface area (TPSA) is 152 Å². The molecule has 1 saturated heterocycles. The van der Waals surface area contributed by atoms with Gasteiger partial charge in [-0.2, -0.15) is 4.98 Å². The van der Waals surface area contributed by atoms with Gasteiger partial charge >= 0.3 is 23.7 Å².